The van der Waals surface area contributed by atoms with Crippen LogP contribution in [0.3, 0.4) is 0 Å². The van der Waals surface area contributed by atoms with Gasteiger partial charge in [0.25, 0.3) is 0 Å². The molecule has 0 saturated heterocycles. The molecule has 4 rings (SSSR count). The first-order valence-electron chi connectivity index (χ1n) is 8.32. The van der Waals surface area contributed by atoms with Crippen LogP contribution in [-0.4, -0.2) is 11.1 Å². The van der Waals surface area contributed by atoms with Crippen molar-refractivity contribution in [3.63, 3.8) is 0 Å². The van der Waals surface area contributed by atoms with Crippen LogP contribution in [0.4, 0.5) is 0 Å². The minimum absolute atomic E-state index is 0.0287. The molecule has 19 heavy (non-hydrogen) atoms. The summed E-state index contributed by atoms with van der Waals surface area (Å²) in [4.78, 5) is 0. The minimum Gasteiger partial charge on any atom is -0.325 e. The van der Waals surface area contributed by atoms with Crippen molar-refractivity contribution in [2.24, 2.45) is 29.2 Å². The average Bonchev–Trinajstić information content (AvgIpc) is 2.93. The smallest absolute Gasteiger partial charge is 0.0267 e. The van der Waals surface area contributed by atoms with E-state index < -0.39 is 0 Å². The Morgan fingerprint density at radius 2 is 1.79 bits per heavy atom. The van der Waals surface area contributed by atoms with Gasteiger partial charge in [-0.2, -0.15) is 0 Å². The van der Waals surface area contributed by atoms with Gasteiger partial charge in [0.05, 0.1) is 0 Å². The lowest BCUT2D eigenvalue weighted by Crippen LogP contribution is -2.69. The van der Waals surface area contributed by atoms with Crippen molar-refractivity contribution in [2.75, 3.05) is 0 Å². The fourth-order valence-electron chi connectivity index (χ4n) is 6.33. The molecule has 0 aromatic carbocycles. The van der Waals surface area contributed by atoms with Gasteiger partial charge in [-0.05, 0) is 76.0 Å². The first-order chi connectivity index (χ1) is 9.06. The molecule has 5 atom stereocenters. The van der Waals surface area contributed by atoms with Gasteiger partial charge in [0.15, 0.2) is 0 Å². The van der Waals surface area contributed by atoms with E-state index in [-0.39, 0.29) is 11.1 Å². The lowest BCUT2D eigenvalue weighted by molar-refractivity contribution is 0.00664. The monoisotopic (exact) mass is 260 g/mol. The molecular weight excluding hydrogens is 232 g/mol. The molecule has 3 saturated carbocycles. The maximum absolute atomic E-state index is 7.04. The van der Waals surface area contributed by atoms with E-state index in [9.17, 15) is 0 Å². The molecule has 0 bridgehead atoms. The summed E-state index contributed by atoms with van der Waals surface area (Å²) in [5, 5.41) is 0. The van der Waals surface area contributed by atoms with E-state index in [1.54, 1.807) is 11.1 Å². The Balaban J connectivity index is 1.75. The van der Waals surface area contributed by atoms with E-state index in [0.717, 1.165) is 5.92 Å². The highest BCUT2D eigenvalue weighted by molar-refractivity contribution is 5.32. The predicted molar refractivity (Wildman–Crippen MR) is 78.6 cm³/mol. The van der Waals surface area contributed by atoms with Gasteiger partial charge < -0.3 is 11.5 Å². The number of hydrogen-bond donors (Lipinski definition) is 2. The fraction of sp³-hybridized carbons (Fsp3) is 0.882. The Labute approximate surface area is 117 Å². The highest BCUT2D eigenvalue weighted by Crippen LogP contribution is 2.59. The topological polar surface area (TPSA) is 52.0 Å². The molecule has 106 valence electrons. The van der Waals surface area contributed by atoms with Crippen LogP contribution in [0.25, 0.3) is 0 Å². The summed E-state index contributed by atoms with van der Waals surface area (Å²) in [6.07, 6.45) is 11.6. The van der Waals surface area contributed by atoms with Gasteiger partial charge in [-0.1, -0.05) is 17.6 Å². The van der Waals surface area contributed by atoms with Crippen LogP contribution in [0.15, 0.2) is 11.1 Å². The van der Waals surface area contributed by atoms with Crippen molar-refractivity contribution in [3.8, 4) is 0 Å². The lowest BCUT2D eigenvalue weighted by Gasteiger charge is -2.58. The van der Waals surface area contributed by atoms with Crippen LogP contribution in [0, 0.1) is 17.8 Å². The molecule has 5 unspecified atom stereocenters. The summed E-state index contributed by atoms with van der Waals surface area (Å²) in [6.45, 7) is 2.33. The van der Waals surface area contributed by atoms with E-state index in [1.165, 1.54) is 57.8 Å². The summed E-state index contributed by atoms with van der Waals surface area (Å²) in [5.41, 5.74) is 17.4. The molecule has 2 nitrogen and oxygen atoms in total. The molecule has 0 amide bonds. The van der Waals surface area contributed by atoms with Gasteiger partial charge in [-0.3, -0.25) is 0 Å². The van der Waals surface area contributed by atoms with Gasteiger partial charge in [0.2, 0.25) is 0 Å². The predicted octanol–water partition coefficient (Wildman–Crippen LogP) is 3.11. The highest BCUT2D eigenvalue weighted by Gasteiger charge is 2.60. The largest absolute Gasteiger partial charge is 0.325 e. The van der Waals surface area contributed by atoms with Gasteiger partial charge in [-0.25, -0.2) is 0 Å². The number of rotatable bonds is 0. The van der Waals surface area contributed by atoms with Gasteiger partial charge in [0.1, 0.15) is 0 Å². The van der Waals surface area contributed by atoms with Crippen molar-refractivity contribution in [3.05, 3.63) is 11.1 Å². The Morgan fingerprint density at radius 3 is 2.63 bits per heavy atom. The van der Waals surface area contributed by atoms with Crippen molar-refractivity contribution < 1.29 is 0 Å². The zero-order valence-corrected chi connectivity index (χ0v) is 12.3. The van der Waals surface area contributed by atoms with Crippen molar-refractivity contribution in [1.29, 1.82) is 0 Å². The zero-order chi connectivity index (χ0) is 13.3. The van der Waals surface area contributed by atoms with Gasteiger partial charge >= 0.3 is 0 Å². The quantitative estimate of drug-likeness (QED) is 0.658. The first kappa shape index (κ1) is 12.4. The third-order valence-electron chi connectivity index (χ3n) is 7.27. The number of nitrogens with two attached hydrogens (primary N) is 2. The van der Waals surface area contributed by atoms with Gasteiger partial charge in [-0.15, -0.1) is 0 Å². The SMILES string of the molecule is CC1=C2CCC3C4(N)CCCC4CCC3(N)C2CC1. The van der Waals surface area contributed by atoms with Crippen LogP contribution in [0.5, 0.6) is 0 Å². The van der Waals surface area contributed by atoms with Crippen LogP contribution < -0.4 is 11.5 Å². The Morgan fingerprint density at radius 1 is 0.947 bits per heavy atom. The van der Waals surface area contributed by atoms with Crippen LogP contribution in [-0.2, 0) is 0 Å². The molecular formula is C17H28N2. The second-order valence-corrected chi connectivity index (χ2v) is 7.84. The second kappa shape index (κ2) is 3.85. The molecule has 4 aliphatic rings. The van der Waals surface area contributed by atoms with E-state index in [1.807, 2.05) is 0 Å². The summed E-state index contributed by atoms with van der Waals surface area (Å²) in [6, 6.07) is 0. The molecule has 3 fully saturated rings. The molecule has 0 heterocycles. The molecule has 0 aliphatic heterocycles. The van der Waals surface area contributed by atoms with E-state index in [4.69, 9.17) is 11.5 Å². The first-order valence-corrected chi connectivity index (χ1v) is 8.32. The van der Waals surface area contributed by atoms with Gasteiger partial charge in [0, 0.05) is 11.1 Å². The second-order valence-electron chi connectivity index (χ2n) is 7.84. The third kappa shape index (κ3) is 1.45. The summed E-state index contributed by atoms with van der Waals surface area (Å²) in [7, 11) is 0. The average molecular weight is 260 g/mol. The lowest BCUT2D eigenvalue weighted by atomic mass is 9.51. The molecule has 0 aromatic heterocycles. The summed E-state index contributed by atoms with van der Waals surface area (Å²) < 4.78 is 0. The standard InChI is InChI=1S/C17H28N2/c1-11-4-6-14-13(11)5-7-15-16(18)9-2-3-12(16)8-10-17(14,15)19/h12,14-15H,2-10,18-19H2,1H3. The normalized spacial score (nSPS) is 52.9. The van der Waals surface area contributed by atoms with Crippen molar-refractivity contribution >= 4 is 0 Å². The van der Waals surface area contributed by atoms with Crippen LogP contribution in [0.1, 0.15) is 64.7 Å². The Bertz CT molecular complexity index is 441. The number of allylic oxidation sites excluding steroid dienone is 1. The fourth-order valence-corrected chi connectivity index (χ4v) is 6.33. The molecule has 4 aliphatic carbocycles. The maximum atomic E-state index is 7.04. The Kier molecular flexibility index (Phi) is 2.52. The van der Waals surface area contributed by atoms with Crippen LogP contribution in [0.2, 0.25) is 0 Å². The van der Waals surface area contributed by atoms with E-state index in [0.29, 0.717) is 11.8 Å². The number of hydrogen-bond acceptors (Lipinski definition) is 2. The van der Waals surface area contributed by atoms with E-state index >= 15 is 0 Å². The number of fused-ring (bicyclic) bond motifs is 5. The molecule has 2 heteroatoms. The summed E-state index contributed by atoms with van der Waals surface area (Å²) in [5.74, 6) is 2.01. The third-order valence-corrected chi connectivity index (χ3v) is 7.27. The molecule has 0 aromatic rings. The van der Waals surface area contributed by atoms with Crippen LogP contribution >= 0.6 is 0 Å². The molecule has 4 N–H and O–H groups in total. The van der Waals surface area contributed by atoms with E-state index in [2.05, 4.69) is 6.92 Å². The Hall–Kier alpha value is -0.340. The zero-order valence-electron chi connectivity index (χ0n) is 12.3. The van der Waals surface area contributed by atoms with Crippen molar-refractivity contribution in [1.82, 2.24) is 0 Å². The molecule has 0 spiro atoms. The molecule has 0 radical (unpaired) electrons. The summed E-state index contributed by atoms with van der Waals surface area (Å²) >= 11 is 0. The maximum Gasteiger partial charge on any atom is 0.0267 e. The van der Waals surface area contributed by atoms with Crippen molar-refractivity contribution in [2.45, 2.75) is 75.8 Å². The highest BCUT2D eigenvalue weighted by atomic mass is 14.9. The minimum atomic E-state index is 0.0287.